The van der Waals surface area contributed by atoms with Gasteiger partial charge in [0.05, 0.1) is 19.1 Å². The number of alkyl halides is 2. The minimum atomic E-state index is -3.17. The normalized spacial score (nSPS) is 17.5. The zero-order valence-corrected chi connectivity index (χ0v) is 24.9. The average Bonchev–Trinajstić information content (AvgIpc) is 3.47. The molecule has 1 aliphatic heterocycles. The molecule has 3 aromatic rings. The zero-order chi connectivity index (χ0) is 28.5. The number of rotatable bonds is 6. The highest BCUT2D eigenvalue weighted by atomic mass is 79.9. The van der Waals surface area contributed by atoms with E-state index in [0.29, 0.717) is 16.8 Å². The van der Waals surface area contributed by atoms with Gasteiger partial charge in [0, 0.05) is 26.2 Å². The van der Waals surface area contributed by atoms with E-state index in [1.54, 1.807) is 57.2 Å². The Hall–Kier alpha value is -2.98. The summed E-state index contributed by atoms with van der Waals surface area (Å²) in [6, 6.07) is 13.3. The Balaban J connectivity index is 1.47. The molecule has 0 bridgehead atoms. The fourth-order valence-corrected chi connectivity index (χ4v) is 5.70. The van der Waals surface area contributed by atoms with Crippen molar-refractivity contribution in [1.29, 1.82) is 0 Å². The number of aryl methyl sites for hydroxylation is 1. The highest BCUT2D eigenvalue weighted by Gasteiger charge is 2.50. The van der Waals surface area contributed by atoms with Crippen molar-refractivity contribution in [2.75, 3.05) is 18.4 Å². The summed E-state index contributed by atoms with van der Waals surface area (Å²) >= 11 is 5.24. The second kappa shape index (κ2) is 11.3. The van der Waals surface area contributed by atoms with Gasteiger partial charge in [-0.15, -0.1) is 11.3 Å². The third kappa shape index (κ3) is 6.97. The summed E-state index contributed by atoms with van der Waals surface area (Å²) in [4.78, 5) is 27.7. The van der Waals surface area contributed by atoms with Crippen LogP contribution < -0.4 is 10.6 Å². The van der Waals surface area contributed by atoms with Crippen molar-refractivity contribution in [3.8, 4) is 10.4 Å². The van der Waals surface area contributed by atoms with E-state index in [-0.39, 0.29) is 18.5 Å². The predicted molar refractivity (Wildman–Crippen MR) is 155 cm³/mol. The second-order valence-electron chi connectivity index (χ2n) is 10.8. The summed E-state index contributed by atoms with van der Waals surface area (Å²) in [5.74, 6) is -3.47. The predicted octanol–water partition coefficient (Wildman–Crippen LogP) is 7.64. The molecule has 0 unspecified atom stereocenters. The Kier molecular flexibility index (Phi) is 8.37. The third-order valence-electron chi connectivity index (χ3n) is 6.41. The van der Waals surface area contributed by atoms with Crippen LogP contribution >= 0.6 is 27.3 Å². The number of amides is 2. The first-order valence-electron chi connectivity index (χ1n) is 12.6. The lowest BCUT2D eigenvalue weighted by molar-refractivity contribution is -0.00635. The minimum absolute atomic E-state index is 0.218. The maximum Gasteiger partial charge on any atom is 0.410 e. The van der Waals surface area contributed by atoms with E-state index >= 15 is 0 Å². The molecule has 6 nitrogen and oxygen atoms in total. The van der Waals surface area contributed by atoms with Gasteiger partial charge in [0.1, 0.15) is 11.6 Å². The maximum absolute atomic E-state index is 14.8. The molecule has 208 valence electrons. The molecule has 2 amide bonds. The number of halogens is 3. The molecular weight excluding hydrogens is 588 g/mol. The van der Waals surface area contributed by atoms with Crippen LogP contribution in [0.25, 0.3) is 10.4 Å². The molecule has 2 aromatic carbocycles. The summed E-state index contributed by atoms with van der Waals surface area (Å²) < 4.78 is 35.8. The number of nitrogens with one attached hydrogen (secondary N) is 2. The molecular formula is C29H32BrF2N3O3S. The molecule has 4 rings (SSSR count). The standard InChI is InChI=1S/C29H32BrF2N3O3S/c1-17-8-10-20(34-25-15-35(16-29(25,31)32)27(37)38-28(3,4)5)14-21(17)26(36)33-18(2)19-9-11-23(30)22(13-19)24-7-6-12-39-24/h6-14,18,25,34H,15-16H2,1-5H3,(H,33,36)/t18-,25-/m1/s1. The van der Waals surface area contributed by atoms with Gasteiger partial charge in [-0.1, -0.05) is 34.1 Å². The van der Waals surface area contributed by atoms with E-state index in [0.717, 1.165) is 25.4 Å². The smallest absolute Gasteiger partial charge is 0.410 e. The van der Waals surface area contributed by atoms with Gasteiger partial charge < -0.3 is 15.4 Å². The van der Waals surface area contributed by atoms with Crippen LogP contribution in [0.15, 0.2) is 58.4 Å². The lowest BCUT2D eigenvalue weighted by Crippen LogP contribution is -2.38. The van der Waals surface area contributed by atoms with Crippen LogP contribution in [-0.2, 0) is 4.74 Å². The van der Waals surface area contributed by atoms with Crippen molar-refractivity contribution < 1.29 is 23.1 Å². The Labute approximate surface area is 239 Å². The van der Waals surface area contributed by atoms with Gasteiger partial charge in [-0.25, -0.2) is 13.6 Å². The van der Waals surface area contributed by atoms with Gasteiger partial charge in [-0.3, -0.25) is 9.69 Å². The number of anilines is 1. The lowest BCUT2D eigenvalue weighted by Gasteiger charge is -2.24. The van der Waals surface area contributed by atoms with Crippen molar-refractivity contribution in [2.24, 2.45) is 0 Å². The monoisotopic (exact) mass is 619 g/mol. The second-order valence-corrected chi connectivity index (χ2v) is 12.6. The quantitative estimate of drug-likeness (QED) is 0.297. The molecule has 10 heteroatoms. The summed E-state index contributed by atoms with van der Waals surface area (Å²) in [5, 5.41) is 7.88. The molecule has 2 atom stereocenters. The first-order valence-corrected chi connectivity index (χ1v) is 14.3. The number of carbonyl (C=O) groups is 2. The Morgan fingerprint density at radius 3 is 2.59 bits per heavy atom. The molecule has 0 radical (unpaired) electrons. The van der Waals surface area contributed by atoms with Crippen molar-refractivity contribution in [3.05, 3.63) is 75.1 Å². The Morgan fingerprint density at radius 2 is 1.92 bits per heavy atom. The molecule has 1 fully saturated rings. The van der Waals surface area contributed by atoms with E-state index in [2.05, 4.69) is 26.6 Å². The number of likely N-dealkylation sites (tertiary alicyclic amines) is 1. The largest absolute Gasteiger partial charge is 0.444 e. The van der Waals surface area contributed by atoms with Gasteiger partial charge in [0.2, 0.25) is 0 Å². The lowest BCUT2D eigenvalue weighted by atomic mass is 10.0. The van der Waals surface area contributed by atoms with Crippen LogP contribution in [-0.4, -0.2) is 47.6 Å². The number of benzene rings is 2. The topological polar surface area (TPSA) is 70.7 Å². The van der Waals surface area contributed by atoms with Crippen LogP contribution in [0.2, 0.25) is 0 Å². The third-order valence-corrected chi connectivity index (χ3v) is 8.01. The van der Waals surface area contributed by atoms with E-state index in [1.165, 1.54) is 0 Å². The van der Waals surface area contributed by atoms with E-state index in [4.69, 9.17) is 4.74 Å². The van der Waals surface area contributed by atoms with E-state index in [1.807, 2.05) is 42.6 Å². The minimum Gasteiger partial charge on any atom is -0.444 e. The van der Waals surface area contributed by atoms with Crippen molar-refractivity contribution in [1.82, 2.24) is 10.2 Å². The number of hydrogen-bond acceptors (Lipinski definition) is 5. The molecule has 1 saturated heterocycles. The number of ether oxygens (including phenoxy) is 1. The fraction of sp³-hybridized carbons (Fsp3) is 0.379. The molecule has 0 saturated carbocycles. The SMILES string of the molecule is Cc1ccc(N[C@@H]2CN(C(=O)OC(C)(C)C)CC2(F)F)cc1C(=O)N[C@H](C)c1ccc(Br)c(-c2cccs2)c1. The number of thiophene rings is 1. The summed E-state index contributed by atoms with van der Waals surface area (Å²) in [6.07, 6.45) is -0.778. The molecule has 0 aliphatic carbocycles. The van der Waals surface area contributed by atoms with Crippen LogP contribution in [0.3, 0.4) is 0 Å². The van der Waals surface area contributed by atoms with Gasteiger partial charge >= 0.3 is 6.09 Å². The summed E-state index contributed by atoms with van der Waals surface area (Å²) in [6.45, 7) is 7.81. The first kappa shape index (κ1) is 29.0. The van der Waals surface area contributed by atoms with Gasteiger partial charge in [-0.05, 0) is 81.5 Å². The van der Waals surface area contributed by atoms with Crippen molar-refractivity contribution in [3.63, 3.8) is 0 Å². The zero-order valence-electron chi connectivity index (χ0n) is 22.5. The molecule has 2 heterocycles. The summed E-state index contributed by atoms with van der Waals surface area (Å²) in [7, 11) is 0. The van der Waals surface area contributed by atoms with Crippen LogP contribution in [0.1, 0.15) is 55.2 Å². The molecule has 0 spiro atoms. The van der Waals surface area contributed by atoms with Crippen LogP contribution in [0, 0.1) is 6.92 Å². The molecule has 1 aromatic heterocycles. The van der Waals surface area contributed by atoms with Crippen LogP contribution in [0.5, 0.6) is 0 Å². The van der Waals surface area contributed by atoms with Gasteiger partial charge in [0.25, 0.3) is 11.8 Å². The number of hydrogen-bond donors (Lipinski definition) is 2. The highest BCUT2D eigenvalue weighted by Crippen LogP contribution is 2.34. The maximum atomic E-state index is 14.8. The van der Waals surface area contributed by atoms with Gasteiger partial charge in [-0.2, -0.15) is 0 Å². The first-order chi connectivity index (χ1) is 18.2. The van der Waals surface area contributed by atoms with E-state index in [9.17, 15) is 18.4 Å². The van der Waals surface area contributed by atoms with Crippen molar-refractivity contribution >= 4 is 45.0 Å². The van der Waals surface area contributed by atoms with Gasteiger partial charge in [0.15, 0.2) is 0 Å². The molecule has 1 aliphatic rings. The highest BCUT2D eigenvalue weighted by molar-refractivity contribution is 9.10. The fourth-order valence-electron chi connectivity index (χ4n) is 4.35. The number of nitrogens with zero attached hydrogens (tertiary/aromatic N) is 1. The number of carbonyl (C=O) groups excluding carboxylic acids is 2. The average molecular weight is 621 g/mol. The molecule has 2 N–H and O–H groups in total. The summed E-state index contributed by atoms with van der Waals surface area (Å²) in [5.41, 5.74) is 2.67. The molecule has 39 heavy (non-hydrogen) atoms. The van der Waals surface area contributed by atoms with Crippen molar-refractivity contribution in [2.45, 2.75) is 58.2 Å². The van der Waals surface area contributed by atoms with Crippen LogP contribution in [0.4, 0.5) is 19.3 Å². The Morgan fingerprint density at radius 1 is 1.18 bits per heavy atom. The van der Waals surface area contributed by atoms with E-state index < -0.39 is 30.2 Å². The Bertz CT molecular complexity index is 1360.